The van der Waals surface area contributed by atoms with Crippen molar-refractivity contribution in [2.45, 2.75) is 26.3 Å². The molecule has 0 unspecified atom stereocenters. The van der Waals surface area contributed by atoms with Crippen LogP contribution in [0.15, 0.2) is 72.8 Å². The molecule has 30 heavy (non-hydrogen) atoms. The van der Waals surface area contributed by atoms with Crippen molar-refractivity contribution in [3.63, 3.8) is 0 Å². The van der Waals surface area contributed by atoms with Gasteiger partial charge in [-0.25, -0.2) is 4.79 Å². The summed E-state index contributed by atoms with van der Waals surface area (Å²) in [5.41, 5.74) is 5.77. The highest BCUT2D eigenvalue weighted by atomic mass is 16.2. The molecule has 3 aromatic rings. The monoisotopic (exact) mass is 399 g/mol. The first-order chi connectivity index (χ1) is 14.5. The SMILES string of the molecule is Cc1ccc(NC(=O)N[C@H](C(=O)N2CCc3ccccc32)c2ccccc2)cc1C. The number of benzene rings is 3. The number of para-hydroxylation sites is 1. The van der Waals surface area contributed by atoms with Crippen LogP contribution in [0.3, 0.4) is 0 Å². The molecule has 0 spiro atoms. The van der Waals surface area contributed by atoms with Crippen LogP contribution in [0.4, 0.5) is 16.2 Å². The van der Waals surface area contributed by atoms with Crippen LogP contribution < -0.4 is 15.5 Å². The summed E-state index contributed by atoms with van der Waals surface area (Å²) in [6.45, 7) is 4.64. The van der Waals surface area contributed by atoms with E-state index in [0.717, 1.165) is 34.4 Å². The third kappa shape index (κ3) is 4.06. The minimum atomic E-state index is -0.774. The van der Waals surface area contributed by atoms with Crippen molar-refractivity contribution in [1.82, 2.24) is 5.32 Å². The third-order valence-electron chi connectivity index (χ3n) is 5.57. The number of fused-ring (bicyclic) bond motifs is 1. The lowest BCUT2D eigenvalue weighted by atomic mass is 10.1. The van der Waals surface area contributed by atoms with E-state index in [-0.39, 0.29) is 5.91 Å². The largest absolute Gasteiger partial charge is 0.322 e. The van der Waals surface area contributed by atoms with Crippen molar-refractivity contribution in [3.8, 4) is 0 Å². The average molecular weight is 399 g/mol. The standard InChI is InChI=1S/C25H25N3O2/c1-17-12-13-21(16-18(17)2)26-25(30)27-23(20-9-4-3-5-10-20)24(29)28-15-14-19-8-6-7-11-22(19)28/h3-13,16,23H,14-15H2,1-2H3,(H2,26,27,30)/t23-/m0/s1. The average Bonchev–Trinajstić information content (AvgIpc) is 3.19. The summed E-state index contributed by atoms with van der Waals surface area (Å²) in [5.74, 6) is -0.138. The van der Waals surface area contributed by atoms with E-state index in [1.807, 2.05) is 86.6 Å². The number of hydrogen-bond acceptors (Lipinski definition) is 2. The Kier molecular flexibility index (Phi) is 5.53. The molecule has 0 aliphatic carbocycles. The molecular formula is C25H25N3O2. The summed E-state index contributed by atoms with van der Waals surface area (Å²) in [5, 5.41) is 5.74. The fraction of sp³-hybridized carbons (Fsp3) is 0.200. The molecule has 0 saturated carbocycles. The van der Waals surface area contributed by atoms with Gasteiger partial charge in [0.25, 0.3) is 5.91 Å². The van der Waals surface area contributed by atoms with Gasteiger partial charge in [0.1, 0.15) is 6.04 Å². The quantitative estimate of drug-likeness (QED) is 0.665. The molecule has 5 heteroatoms. The Bertz CT molecular complexity index is 1080. The highest BCUT2D eigenvalue weighted by molar-refractivity contribution is 6.02. The first-order valence-corrected chi connectivity index (χ1v) is 10.1. The lowest BCUT2D eigenvalue weighted by Crippen LogP contribution is -2.43. The van der Waals surface area contributed by atoms with Gasteiger partial charge in [0, 0.05) is 17.9 Å². The molecule has 0 aromatic heterocycles. The number of nitrogens with zero attached hydrogens (tertiary/aromatic N) is 1. The third-order valence-corrected chi connectivity index (χ3v) is 5.57. The maximum absolute atomic E-state index is 13.5. The summed E-state index contributed by atoms with van der Waals surface area (Å²) < 4.78 is 0. The Balaban J connectivity index is 1.57. The zero-order valence-corrected chi connectivity index (χ0v) is 17.2. The zero-order valence-electron chi connectivity index (χ0n) is 17.2. The van der Waals surface area contributed by atoms with Gasteiger partial charge in [-0.2, -0.15) is 0 Å². The van der Waals surface area contributed by atoms with Crippen molar-refractivity contribution in [2.24, 2.45) is 0 Å². The molecule has 1 atom stereocenters. The molecule has 0 bridgehead atoms. The second kappa shape index (κ2) is 8.41. The van der Waals surface area contributed by atoms with Crippen molar-refractivity contribution in [1.29, 1.82) is 0 Å². The number of urea groups is 1. The molecule has 152 valence electrons. The van der Waals surface area contributed by atoms with Crippen LogP contribution in [0.25, 0.3) is 0 Å². The summed E-state index contributed by atoms with van der Waals surface area (Å²) in [4.78, 5) is 28.0. The number of amides is 3. The van der Waals surface area contributed by atoms with E-state index in [9.17, 15) is 9.59 Å². The number of anilines is 2. The first kappa shape index (κ1) is 19.7. The first-order valence-electron chi connectivity index (χ1n) is 10.1. The topological polar surface area (TPSA) is 61.4 Å². The van der Waals surface area contributed by atoms with E-state index >= 15 is 0 Å². The van der Waals surface area contributed by atoms with E-state index in [4.69, 9.17) is 0 Å². The summed E-state index contributed by atoms with van der Waals surface area (Å²) in [6, 6.07) is 21.8. The number of carbonyl (C=O) groups is 2. The van der Waals surface area contributed by atoms with Gasteiger partial charge in [-0.1, -0.05) is 54.6 Å². The van der Waals surface area contributed by atoms with E-state index in [0.29, 0.717) is 12.2 Å². The second-order valence-corrected chi connectivity index (χ2v) is 7.61. The van der Waals surface area contributed by atoms with E-state index < -0.39 is 12.1 Å². The Morgan fingerprint density at radius 2 is 1.63 bits per heavy atom. The molecular weight excluding hydrogens is 374 g/mol. The van der Waals surface area contributed by atoms with Crippen LogP contribution in [-0.4, -0.2) is 18.5 Å². The smallest absolute Gasteiger partial charge is 0.320 e. The van der Waals surface area contributed by atoms with Gasteiger partial charge < -0.3 is 15.5 Å². The Morgan fingerprint density at radius 1 is 0.900 bits per heavy atom. The van der Waals surface area contributed by atoms with Gasteiger partial charge in [0.2, 0.25) is 0 Å². The fourth-order valence-corrected chi connectivity index (χ4v) is 3.77. The van der Waals surface area contributed by atoms with Crippen molar-refractivity contribution in [3.05, 3.63) is 95.1 Å². The van der Waals surface area contributed by atoms with Crippen LogP contribution in [0.2, 0.25) is 0 Å². The Hall–Kier alpha value is -3.60. The Morgan fingerprint density at radius 3 is 2.40 bits per heavy atom. The van der Waals surface area contributed by atoms with Gasteiger partial charge in [-0.15, -0.1) is 0 Å². The van der Waals surface area contributed by atoms with Crippen LogP contribution in [0.1, 0.15) is 28.3 Å². The van der Waals surface area contributed by atoms with Gasteiger partial charge in [0.15, 0.2) is 0 Å². The summed E-state index contributed by atoms with van der Waals surface area (Å²) >= 11 is 0. The second-order valence-electron chi connectivity index (χ2n) is 7.61. The van der Waals surface area contributed by atoms with E-state index in [1.165, 1.54) is 0 Å². The van der Waals surface area contributed by atoms with Crippen molar-refractivity contribution >= 4 is 23.3 Å². The molecule has 1 heterocycles. The maximum atomic E-state index is 13.5. The van der Waals surface area contributed by atoms with Crippen LogP contribution in [0, 0.1) is 13.8 Å². The predicted molar refractivity (Wildman–Crippen MR) is 120 cm³/mol. The molecule has 5 nitrogen and oxygen atoms in total. The van der Waals surface area contributed by atoms with Crippen molar-refractivity contribution < 1.29 is 9.59 Å². The van der Waals surface area contributed by atoms with E-state index in [2.05, 4.69) is 10.6 Å². The van der Waals surface area contributed by atoms with Gasteiger partial charge in [-0.05, 0) is 60.7 Å². The maximum Gasteiger partial charge on any atom is 0.320 e. The lowest BCUT2D eigenvalue weighted by molar-refractivity contribution is -0.120. The van der Waals surface area contributed by atoms with Gasteiger partial charge in [0.05, 0.1) is 0 Å². The number of carbonyl (C=O) groups excluding carboxylic acids is 2. The predicted octanol–water partition coefficient (Wildman–Crippen LogP) is 4.76. The number of rotatable bonds is 4. The molecule has 1 aliphatic rings. The summed E-state index contributed by atoms with van der Waals surface area (Å²) in [7, 11) is 0. The zero-order chi connectivity index (χ0) is 21.1. The number of aryl methyl sites for hydroxylation is 2. The lowest BCUT2D eigenvalue weighted by Gasteiger charge is -2.25. The van der Waals surface area contributed by atoms with Gasteiger partial charge >= 0.3 is 6.03 Å². The molecule has 0 fully saturated rings. The molecule has 0 saturated heterocycles. The van der Waals surface area contributed by atoms with Crippen LogP contribution in [0.5, 0.6) is 0 Å². The number of nitrogens with one attached hydrogen (secondary N) is 2. The molecule has 4 rings (SSSR count). The molecule has 2 N–H and O–H groups in total. The van der Waals surface area contributed by atoms with Gasteiger partial charge in [-0.3, -0.25) is 4.79 Å². The highest BCUT2D eigenvalue weighted by Gasteiger charge is 2.32. The number of hydrogen-bond donors (Lipinski definition) is 2. The minimum absolute atomic E-state index is 0.138. The molecule has 3 amide bonds. The Labute approximate surface area is 176 Å². The van der Waals surface area contributed by atoms with Crippen molar-refractivity contribution in [2.75, 3.05) is 16.8 Å². The summed E-state index contributed by atoms with van der Waals surface area (Å²) in [6.07, 6.45) is 0.818. The molecule has 1 aliphatic heterocycles. The minimum Gasteiger partial charge on any atom is -0.322 e. The van der Waals surface area contributed by atoms with Crippen LogP contribution in [-0.2, 0) is 11.2 Å². The molecule has 0 radical (unpaired) electrons. The highest BCUT2D eigenvalue weighted by Crippen LogP contribution is 2.30. The fourth-order valence-electron chi connectivity index (χ4n) is 3.77. The van der Waals surface area contributed by atoms with Crippen LogP contribution >= 0.6 is 0 Å². The molecule has 3 aromatic carbocycles. The van der Waals surface area contributed by atoms with E-state index in [1.54, 1.807) is 4.90 Å². The normalized spacial score (nSPS) is 13.5.